The van der Waals surface area contributed by atoms with Gasteiger partial charge in [0.2, 0.25) is 0 Å². The highest BCUT2D eigenvalue weighted by molar-refractivity contribution is 5.88. The number of rotatable bonds is 8. The Morgan fingerprint density at radius 3 is 2.36 bits per heavy atom. The molecule has 3 aromatic rings. The molecule has 5 rings (SSSR count). The minimum Gasteiger partial charge on any atom is -0.496 e. The van der Waals surface area contributed by atoms with Crippen molar-refractivity contribution < 1.29 is 19.4 Å². The second kappa shape index (κ2) is 12.8. The lowest BCUT2D eigenvalue weighted by molar-refractivity contribution is -0.160. The Morgan fingerprint density at radius 2 is 1.71 bits per heavy atom. The number of aryl methyl sites for hydroxylation is 3. The monoisotopic (exact) mass is 613 g/mol. The molecule has 1 N–H and O–H groups in total. The molecule has 2 aliphatic rings. The molecule has 1 aromatic heterocycles. The molecule has 0 radical (unpaired) electrons. The van der Waals surface area contributed by atoms with Crippen molar-refractivity contribution in [2.24, 2.45) is 5.41 Å². The Balaban J connectivity index is 1.54. The summed E-state index contributed by atoms with van der Waals surface area (Å²) in [6, 6.07) is 13.3. The van der Waals surface area contributed by atoms with E-state index in [9.17, 15) is 9.90 Å². The zero-order valence-corrected chi connectivity index (χ0v) is 28.7. The number of fused-ring (bicyclic) bond motifs is 1. The highest BCUT2D eigenvalue weighted by Crippen LogP contribution is 2.45. The van der Waals surface area contributed by atoms with Gasteiger partial charge in [0.25, 0.3) is 0 Å². The van der Waals surface area contributed by atoms with Gasteiger partial charge in [-0.2, -0.15) is 0 Å². The lowest BCUT2D eigenvalue weighted by Crippen LogP contribution is -2.39. The molecule has 1 fully saturated rings. The number of carboxylic acid groups (broad SMARTS) is 1. The molecule has 45 heavy (non-hydrogen) atoms. The number of anilines is 1. The molecule has 0 aliphatic carbocycles. The molecule has 1 saturated heterocycles. The minimum atomic E-state index is -1.12. The number of carbonyl (C=O) groups is 1. The lowest BCUT2D eigenvalue weighted by Gasteiger charge is -2.41. The van der Waals surface area contributed by atoms with Crippen molar-refractivity contribution in [3.8, 4) is 16.9 Å². The maximum Gasteiger partial charge on any atom is 0.337 e. The van der Waals surface area contributed by atoms with E-state index >= 15 is 0 Å². The highest BCUT2D eigenvalue weighted by atomic mass is 16.5. The summed E-state index contributed by atoms with van der Waals surface area (Å²) in [6.07, 6.45) is 1.91. The molecular formula is C38H51N3O4. The summed E-state index contributed by atoms with van der Waals surface area (Å²) in [7, 11) is 1.73. The molecule has 3 heterocycles. The van der Waals surface area contributed by atoms with Gasteiger partial charge in [-0.3, -0.25) is 9.88 Å². The van der Waals surface area contributed by atoms with E-state index in [0.717, 1.165) is 85.8 Å². The number of piperidine rings is 1. The van der Waals surface area contributed by atoms with Crippen LogP contribution in [0.3, 0.4) is 0 Å². The maximum absolute atomic E-state index is 12.8. The van der Waals surface area contributed by atoms with Crippen molar-refractivity contribution in [3.63, 3.8) is 0 Å². The number of nitrogens with zero attached hydrogens (tertiary/aromatic N) is 3. The predicted molar refractivity (Wildman–Crippen MR) is 181 cm³/mol. The molecule has 1 unspecified atom stereocenters. The van der Waals surface area contributed by atoms with E-state index in [0.29, 0.717) is 11.3 Å². The first-order chi connectivity index (χ1) is 21.2. The second-order valence-electron chi connectivity index (χ2n) is 14.8. The van der Waals surface area contributed by atoms with Gasteiger partial charge in [0.05, 0.1) is 18.4 Å². The van der Waals surface area contributed by atoms with Gasteiger partial charge in [-0.1, -0.05) is 44.2 Å². The lowest BCUT2D eigenvalue weighted by atomic mass is 9.81. The van der Waals surface area contributed by atoms with Crippen LogP contribution in [0, 0.1) is 26.2 Å². The first-order valence-corrected chi connectivity index (χ1v) is 16.3. The fourth-order valence-corrected chi connectivity index (χ4v) is 6.88. The van der Waals surface area contributed by atoms with Crippen LogP contribution in [0.5, 0.6) is 5.75 Å². The Labute approximate surface area is 269 Å². The molecule has 1 atom stereocenters. The van der Waals surface area contributed by atoms with Crippen LogP contribution in [0.2, 0.25) is 0 Å². The van der Waals surface area contributed by atoms with Gasteiger partial charge in [-0.25, -0.2) is 4.79 Å². The number of pyridine rings is 1. The SMILES string of the molecule is COc1cc(CN2CCc3cc(-c4c(C)nc(C)c(C(OC(C)(C)C)C(=O)O)c4N4CCC(C)(C)CC4)ccc3C2)ccc1C. The number of hydrogen-bond donors (Lipinski definition) is 1. The van der Waals surface area contributed by atoms with E-state index in [1.807, 2.05) is 27.7 Å². The van der Waals surface area contributed by atoms with Crippen LogP contribution in [-0.2, 0) is 29.0 Å². The van der Waals surface area contributed by atoms with Crippen LogP contribution < -0.4 is 9.64 Å². The van der Waals surface area contributed by atoms with E-state index in [4.69, 9.17) is 14.5 Å². The summed E-state index contributed by atoms with van der Waals surface area (Å²) in [6.45, 7) is 20.9. The maximum atomic E-state index is 12.8. The standard InChI is InChI=1S/C38H51N3O4/c1-24-10-11-27(20-31(24)44-9)22-40-17-14-28-21-29(12-13-30(28)23-40)32-25(2)39-26(3)33(35(36(42)43)45-37(4,5)6)34(32)41-18-15-38(7,8)16-19-41/h10-13,20-21,35H,14-19,22-23H2,1-9H3,(H,42,43). The first kappa shape index (κ1) is 33.0. The van der Waals surface area contributed by atoms with Crippen molar-refractivity contribution in [1.82, 2.24) is 9.88 Å². The third kappa shape index (κ3) is 7.36. The van der Waals surface area contributed by atoms with Gasteiger partial charge in [0.1, 0.15) is 5.75 Å². The number of benzene rings is 2. The van der Waals surface area contributed by atoms with Gasteiger partial charge in [0.15, 0.2) is 6.10 Å². The quantitative estimate of drug-likeness (QED) is 0.278. The van der Waals surface area contributed by atoms with Crippen molar-refractivity contribution in [2.45, 2.75) is 99.4 Å². The van der Waals surface area contributed by atoms with Crippen LogP contribution in [0.15, 0.2) is 36.4 Å². The molecule has 0 amide bonds. The van der Waals surface area contributed by atoms with Crippen LogP contribution >= 0.6 is 0 Å². The number of methoxy groups -OCH3 is 1. The summed E-state index contributed by atoms with van der Waals surface area (Å²) >= 11 is 0. The Bertz CT molecular complexity index is 1560. The van der Waals surface area contributed by atoms with E-state index in [2.05, 4.69) is 73.9 Å². The fraction of sp³-hybridized carbons (Fsp3) is 0.526. The summed E-state index contributed by atoms with van der Waals surface area (Å²) in [4.78, 5) is 22.7. The minimum absolute atomic E-state index is 0.253. The zero-order chi connectivity index (χ0) is 32.7. The molecule has 242 valence electrons. The Kier molecular flexibility index (Phi) is 9.35. The summed E-state index contributed by atoms with van der Waals surface area (Å²) in [5.41, 5.74) is 10.1. The van der Waals surface area contributed by atoms with Gasteiger partial charge in [-0.05, 0) is 100 Å². The molecule has 7 heteroatoms. The number of ether oxygens (including phenoxy) is 2. The molecule has 2 aliphatic heterocycles. The van der Waals surface area contributed by atoms with Crippen LogP contribution in [0.25, 0.3) is 11.1 Å². The molecule has 7 nitrogen and oxygen atoms in total. The first-order valence-electron chi connectivity index (χ1n) is 16.3. The van der Waals surface area contributed by atoms with Crippen molar-refractivity contribution in [2.75, 3.05) is 31.6 Å². The van der Waals surface area contributed by atoms with Crippen molar-refractivity contribution >= 4 is 11.7 Å². The number of hydrogen-bond acceptors (Lipinski definition) is 6. The summed E-state index contributed by atoms with van der Waals surface area (Å²) in [5.74, 6) is -0.0537. The summed E-state index contributed by atoms with van der Waals surface area (Å²) in [5, 5.41) is 10.5. The highest BCUT2D eigenvalue weighted by Gasteiger charge is 2.36. The third-order valence-corrected chi connectivity index (χ3v) is 9.43. The predicted octanol–water partition coefficient (Wildman–Crippen LogP) is 7.81. The van der Waals surface area contributed by atoms with E-state index in [-0.39, 0.29) is 5.41 Å². The normalized spacial score (nSPS) is 17.6. The molecule has 0 saturated carbocycles. The largest absolute Gasteiger partial charge is 0.496 e. The summed E-state index contributed by atoms with van der Waals surface area (Å²) < 4.78 is 11.8. The number of aliphatic carboxylic acids is 1. The third-order valence-electron chi connectivity index (χ3n) is 9.43. The fourth-order valence-electron chi connectivity index (χ4n) is 6.88. The topological polar surface area (TPSA) is 75.1 Å². The van der Waals surface area contributed by atoms with E-state index in [1.54, 1.807) is 7.11 Å². The zero-order valence-electron chi connectivity index (χ0n) is 28.7. The van der Waals surface area contributed by atoms with Gasteiger partial charge in [-0.15, -0.1) is 0 Å². The van der Waals surface area contributed by atoms with Crippen molar-refractivity contribution in [1.29, 1.82) is 0 Å². The van der Waals surface area contributed by atoms with Crippen molar-refractivity contribution in [3.05, 3.63) is 75.6 Å². The van der Waals surface area contributed by atoms with Gasteiger partial charge < -0.3 is 19.5 Å². The molecule has 0 bridgehead atoms. The van der Waals surface area contributed by atoms with Crippen LogP contribution in [0.1, 0.15) is 92.8 Å². The van der Waals surface area contributed by atoms with E-state index < -0.39 is 17.7 Å². The number of aromatic nitrogens is 1. The van der Waals surface area contributed by atoms with E-state index in [1.165, 1.54) is 16.7 Å². The molecular weight excluding hydrogens is 562 g/mol. The molecule has 0 spiro atoms. The Hall–Kier alpha value is -3.42. The average molecular weight is 614 g/mol. The molecule has 2 aromatic carbocycles. The van der Waals surface area contributed by atoms with Gasteiger partial charge in [0, 0.05) is 55.2 Å². The Morgan fingerprint density at radius 1 is 1.00 bits per heavy atom. The average Bonchev–Trinajstić information content (AvgIpc) is 2.96. The second-order valence-corrected chi connectivity index (χ2v) is 14.8. The van der Waals surface area contributed by atoms with Crippen LogP contribution in [0.4, 0.5) is 5.69 Å². The van der Waals surface area contributed by atoms with Crippen LogP contribution in [-0.4, -0.2) is 53.3 Å². The smallest absolute Gasteiger partial charge is 0.337 e. The van der Waals surface area contributed by atoms with Gasteiger partial charge >= 0.3 is 5.97 Å². The number of carboxylic acids is 1.